The van der Waals surface area contributed by atoms with Gasteiger partial charge in [-0.1, -0.05) is 49.6 Å². The highest BCUT2D eigenvalue weighted by atomic mass is 127. The summed E-state index contributed by atoms with van der Waals surface area (Å²) in [6.07, 6.45) is 7.42. The van der Waals surface area contributed by atoms with Gasteiger partial charge in [0.2, 0.25) is 5.89 Å². The van der Waals surface area contributed by atoms with Gasteiger partial charge in [-0.3, -0.25) is 0 Å². The van der Waals surface area contributed by atoms with Gasteiger partial charge in [0, 0.05) is 0 Å². The summed E-state index contributed by atoms with van der Waals surface area (Å²) in [5.74, 6) is 0.443. The molecule has 1 aromatic heterocycles. The van der Waals surface area contributed by atoms with Crippen molar-refractivity contribution in [3.8, 4) is 0 Å². The summed E-state index contributed by atoms with van der Waals surface area (Å²) in [5, 5.41) is 9.91. The summed E-state index contributed by atoms with van der Waals surface area (Å²) >= 11 is 2.08. The SMILES string of the molecule is OC(CCCCCCc1ccccc1)c1nc(I)co1. The Hall–Kier alpha value is -0.880. The van der Waals surface area contributed by atoms with Gasteiger partial charge in [0.1, 0.15) is 16.1 Å². The summed E-state index contributed by atoms with van der Waals surface area (Å²) in [7, 11) is 0. The van der Waals surface area contributed by atoms with Crippen LogP contribution in [0.15, 0.2) is 41.0 Å². The van der Waals surface area contributed by atoms with Crippen LogP contribution in [0.4, 0.5) is 0 Å². The average Bonchev–Trinajstić information content (AvgIpc) is 2.90. The third-order valence-corrected chi connectivity index (χ3v) is 3.81. The number of aromatic nitrogens is 1. The van der Waals surface area contributed by atoms with Crippen molar-refractivity contribution in [2.45, 2.75) is 44.6 Å². The van der Waals surface area contributed by atoms with E-state index in [9.17, 15) is 5.11 Å². The monoisotopic (exact) mass is 385 g/mol. The van der Waals surface area contributed by atoms with Crippen LogP contribution in [0.25, 0.3) is 0 Å². The zero-order valence-corrected chi connectivity index (χ0v) is 13.6. The number of halogens is 1. The van der Waals surface area contributed by atoms with E-state index in [0.29, 0.717) is 5.89 Å². The molecule has 0 bridgehead atoms. The van der Waals surface area contributed by atoms with Gasteiger partial charge < -0.3 is 9.52 Å². The van der Waals surface area contributed by atoms with E-state index in [0.717, 1.165) is 29.4 Å². The number of hydrogen-bond acceptors (Lipinski definition) is 3. The molecule has 1 unspecified atom stereocenters. The molecule has 0 saturated carbocycles. The second-order valence-corrected chi connectivity index (χ2v) is 6.07. The van der Waals surface area contributed by atoms with E-state index in [-0.39, 0.29) is 0 Å². The predicted molar refractivity (Wildman–Crippen MR) is 87.4 cm³/mol. The summed E-state index contributed by atoms with van der Waals surface area (Å²) in [6.45, 7) is 0. The van der Waals surface area contributed by atoms with Crippen LogP contribution in [-0.4, -0.2) is 10.1 Å². The number of oxazole rings is 1. The minimum absolute atomic E-state index is 0.443. The van der Waals surface area contributed by atoms with Crippen molar-refractivity contribution >= 4 is 22.6 Å². The fraction of sp³-hybridized carbons (Fsp3) is 0.438. The van der Waals surface area contributed by atoms with Gasteiger partial charge in [-0.05, 0) is 47.4 Å². The van der Waals surface area contributed by atoms with Crippen LogP contribution in [0.1, 0.15) is 49.7 Å². The van der Waals surface area contributed by atoms with E-state index in [1.54, 1.807) is 6.26 Å². The first-order valence-electron chi connectivity index (χ1n) is 7.08. The molecule has 3 nitrogen and oxygen atoms in total. The summed E-state index contributed by atoms with van der Waals surface area (Å²) < 4.78 is 5.98. The van der Waals surface area contributed by atoms with Crippen LogP contribution < -0.4 is 0 Å². The van der Waals surface area contributed by atoms with Gasteiger partial charge in [-0.25, -0.2) is 4.98 Å². The number of nitrogens with zero attached hydrogens (tertiary/aromatic N) is 1. The van der Waals surface area contributed by atoms with E-state index in [4.69, 9.17) is 4.42 Å². The molecule has 0 saturated heterocycles. The first-order valence-corrected chi connectivity index (χ1v) is 8.16. The van der Waals surface area contributed by atoms with Gasteiger partial charge >= 0.3 is 0 Å². The number of rotatable bonds is 8. The lowest BCUT2D eigenvalue weighted by Crippen LogP contribution is -1.98. The van der Waals surface area contributed by atoms with Crippen molar-refractivity contribution in [2.24, 2.45) is 0 Å². The van der Waals surface area contributed by atoms with Gasteiger partial charge in [0.25, 0.3) is 0 Å². The maximum absolute atomic E-state index is 9.91. The molecule has 4 heteroatoms. The second-order valence-electron chi connectivity index (χ2n) is 4.96. The Morgan fingerprint density at radius 2 is 1.85 bits per heavy atom. The molecule has 0 spiro atoms. The second kappa shape index (κ2) is 8.42. The summed E-state index contributed by atoms with van der Waals surface area (Å²) in [6, 6.07) is 10.6. The maximum atomic E-state index is 9.91. The number of benzene rings is 1. The number of aliphatic hydroxyl groups excluding tert-OH is 1. The van der Waals surface area contributed by atoms with Crippen LogP contribution >= 0.6 is 22.6 Å². The molecule has 1 N–H and O–H groups in total. The molecular weight excluding hydrogens is 365 g/mol. The Balaban J connectivity index is 1.55. The highest BCUT2D eigenvalue weighted by Gasteiger charge is 2.12. The molecule has 0 aliphatic rings. The normalized spacial score (nSPS) is 12.5. The lowest BCUT2D eigenvalue weighted by molar-refractivity contribution is 0.130. The van der Waals surface area contributed by atoms with Crippen molar-refractivity contribution < 1.29 is 9.52 Å². The van der Waals surface area contributed by atoms with Gasteiger partial charge in [0.05, 0.1) is 0 Å². The minimum atomic E-state index is -0.562. The molecule has 0 fully saturated rings. The van der Waals surface area contributed by atoms with Crippen molar-refractivity contribution in [3.63, 3.8) is 0 Å². The Bertz CT molecular complexity index is 498. The maximum Gasteiger partial charge on any atom is 0.223 e. The fourth-order valence-corrected chi connectivity index (χ4v) is 2.57. The standard InChI is InChI=1S/C16H20INO2/c17-15-12-20-16(18-15)14(19)11-7-2-1-4-8-13-9-5-3-6-10-13/h3,5-6,9-10,12,14,19H,1-2,4,7-8,11H2. The molecule has 20 heavy (non-hydrogen) atoms. The molecule has 1 aromatic carbocycles. The third-order valence-electron chi connectivity index (χ3n) is 3.31. The Kier molecular flexibility index (Phi) is 6.53. The number of aliphatic hydroxyl groups is 1. The molecule has 1 atom stereocenters. The van der Waals surface area contributed by atoms with E-state index in [2.05, 4.69) is 57.9 Å². The van der Waals surface area contributed by atoms with Crippen LogP contribution in [0, 0.1) is 3.70 Å². The molecule has 0 aliphatic carbocycles. The van der Waals surface area contributed by atoms with E-state index < -0.39 is 6.10 Å². The average molecular weight is 385 g/mol. The van der Waals surface area contributed by atoms with Crippen molar-refractivity contribution in [2.75, 3.05) is 0 Å². The zero-order valence-electron chi connectivity index (χ0n) is 11.5. The Morgan fingerprint density at radius 3 is 2.55 bits per heavy atom. The smallest absolute Gasteiger partial charge is 0.223 e. The molecule has 108 valence electrons. The molecule has 2 aromatic rings. The largest absolute Gasteiger partial charge is 0.445 e. The molecule has 0 radical (unpaired) electrons. The highest BCUT2D eigenvalue weighted by molar-refractivity contribution is 14.1. The Morgan fingerprint density at radius 1 is 1.10 bits per heavy atom. The summed E-state index contributed by atoms with van der Waals surface area (Å²) in [5.41, 5.74) is 1.40. The van der Waals surface area contributed by atoms with Crippen LogP contribution in [-0.2, 0) is 6.42 Å². The van der Waals surface area contributed by atoms with Crippen LogP contribution in [0.3, 0.4) is 0 Å². The van der Waals surface area contributed by atoms with Crippen molar-refractivity contribution in [1.29, 1.82) is 0 Å². The van der Waals surface area contributed by atoms with E-state index >= 15 is 0 Å². The summed E-state index contributed by atoms with van der Waals surface area (Å²) in [4.78, 5) is 4.14. The minimum Gasteiger partial charge on any atom is -0.445 e. The Labute approximate surface area is 133 Å². The first kappa shape index (κ1) is 15.5. The zero-order chi connectivity index (χ0) is 14.2. The lowest BCUT2D eigenvalue weighted by Gasteiger charge is -2.06. The number of hydrogen-bond donors (Lipinski definition) is 1. The van der Waals surface area contributed by atoms with Gasteiger partial charge in [-0.15, -0.1) is 0 Å². The van der Waals surface area contributed by atoms with Crippen molar-refractivity contribution in [1.82, 2.24) is 4.98 Å². The third kappa shape index (κ3) is 5.25. The van der Waals surface area contributed by atoms with Crippen LogP contribution in [0.5, 0.6) is 0 Å². The van der Waals surface area contributed by atoms with Crippen molar-refractivity contribution in [3.05, 3.63) is 51.7 Å². The van der Waals surface area contributed by atoms with Gasteiger partial charge in [-0.2, -0.15) is 0 Å². The molecule has 0 aliphatic heterocycles. The van der Waals surface area contributed by atoms with E-state index in [1.165, 1.54) is 18.4 Å². The van der Waals surface area contributed by atoms with Crippen LogP contribution in [0.2, 0.25) is 0 Å². The fourth-order valence-electron chi connectivity index (χ4n) is 2.21. The predicted octanol–water partition coefficient (Wildman–Crippen LogP) is 4.51. The molecular formula is C16H20INO2. The molecule has 0 amide bonds. The molecule has 2 rings (SSSR count). The molecule has 1 heterocycles. The van der Waals surface area contributed by atoms with E-state index in [1.807, 2.05) is 0 Å². The van der Waals surface area contributed by atoms with Gasteiger partial charge in [0.15, 0.2) is 0 Å². The first-order chi connectivity index (χ1) is 9.75. The lowest BCUT2D eigenvalue weighted by atomic mass is 10.0. The number of aryl methyl sites for hydroxylation is 1. The topological polar surface area (TPSA) is 46.3 Å². The quantitative estimate of drug-likeness (QED) is 0.538. The highest BCUT2D eigenvalue weighted by Crippen LogP contribution is 2.20. The number of unbranched alkanes of at least 4 members (excludes halogenated alkanes) is 3.